The number of anilines is 1. The first-order valence-electron chi connectivity index (χ1n) is 6.32. The van der Waals surface area contributed by atoms with Gasteiger partial charge in [-0.2, -0.15) is 0 Å². The first kappa shape index (κ1) is 14.8. The molecule has 20 heavy (non-hydrogen) atoms. The summed E-state index contributed by atoms with van der Waals surface area (Å²) in [5.41, 5.74) is 7.54. The molecule has 0 radical (unpaired) electrons. The largest absolute Gasteiger partial charge is 0.383 e. The van der Waals surface area contributed by atoms with Gasteiger partial charge in [-0.25, -0.2) is 4.98 Å². The van der Waals surface area contributed by atoms with E-state index in [0.717, 1.165) is 24.2 Å². The highest BCUT2D eigenvalue weighted by molar-refractivity contribution is 6.43. The molecule has 0 bridgehead atoms. The molecule has 0 saturated carbocycles. The van der Waals surface area contributed by atoms with Crippen molar-refractivity contribution in [2.75, 3.05) is 5.73 Å². The first-order chi connectivity index (χ1) is 9.60. The summed E-state index contributed by atoms with van der Waals surface area (Å²) in [7, 11) is 0. The zero-order valence-corrected chi connectivity index (χ0v) is 12.7. The molecule has 0 spiro atoms. The molecule has 2 N–H and O–H groups in total. The summed E-state index contributed by atoms with van der Waals surface area (Å²) < 4.78 is 1.84. The van der Waals surface area contributed by atoms with Gasteiger partial charge in [-0.15, -0.1) is 6.42 Å². The molecule has 0 aliphatic rings. The third-order valence-corrected chi connectivity index (χ3v) is 3.83. The van der Waals surface area contributed by atoms with Gasteiger partial charge in [0.15, 0.2) is 0 Å². The molecule has 3 nitrogen and oxygen atoms in total. The van der Waals surface area contributed by atoms with Crippen molar-refractivity contribution in [1.29, 1.82) is 0 Å². The van der Waals surface area contributed by atoms with Gasteiger partial charge < -0.3 is 10.3 Å². The Kier molecular flexibility index (Phi) is 4.59. The summed E-state index contributed by atoms with van der Waals surface area (Å²) in [6.07, 6.45) is 7.17. The van der Waals surface area contributed by atoms with Gasteiger partial charge in [0.25, 0.3) is 0 Å². The number of aryl methyl sites for hydroxylation is 1. The summed E-state index contributed by atoms with van der Waals surface area (Å²) in [4.78, 5) is 4.59. The van der Waals surface area contributed by atoms with E-state index in [1.165, 1.54) is 0 Å². The van der Waals surface area contributed by atoms with Gasteiger partial charge in [-0.05, 0) is 12.5 Å². The Hall–Kier alpha value is -1.63. The number of rotatable bonds is 4. The SMILES string of the molecule is C#CCn1c(CCC)nc(-c2cccc(Cl)c2Cl)c1N. The second-order valence-electron chi connectivity index (χ2n) is 4.40. The number of halogens is 2. The van der Waals surface area contributed by atoms with Crippen molar-refractivity contribution in [3.63, 3.8) is 0 Å². The molecule has 0 aliphatic carbocycles. The number of nitrogen functional groups attached to an aromatic ring is 1. The lowest BCUT2D eigenvalue weighted by Crippen LogP contribution is -2.06. The van der Waals surface area contributed by atoms with Crippen LogP contribution in [-0.2, 0) is 13.0 Å². The van der Waals surface area contributed by atoms with Gasteiger partial charge in [0.2, 0.25) is 0 Å². The Morgan fingerprint density at radius 2 is 2.15 bits per heavy atom. The number of nitrogens with two attached hydrogens (primary N) is 1. The van der Waals surface area contributed by atoms with Crippen LogP contribution < -0.4 is 5.73 Å². The van der Waals surface area contributed by atoms with E-state index in [-0.39, 0.29) is 0 Å². The minimum Gasteiger partial charge on any atom is -0.383 e. The molecule has 1 aromatic heterocycles. The zero-order chi connectivity index (χ0) is 14.7. The van der Waals surface area contributed by atoms with E-state index in [1.54, 1.807) is 6.07 Å². The topological polar surface area (TPSA) is 43.8 Å². The molecule has 5 heteroatoms. The van der Waals surface area contributed by atoms with E-state index in [4.69, 9.17) is 35.4 Å². The third-order valence-electron chi connectivity index (χ3n) is 3.02. The molecular formula is C15H15Cl2N3. The van der Waals surface area contributed by atoms with Crippen LogP contribution in [0, 0.1) is 12.3 Å². The molecule has 2 aromatic rings. The monoisotopic (exact) mass is 307 g/mol. The molecule has 0 amide bonds. The molecule has 0 saturated heterocycles. The second-order valence-corrected chi connectivity index (χ2v) is 5.19. The fourth-order valence-electron chi connectivity index (χ4n) is 2.08. The summed E-state index contributed by atoms with van der Waals surface area (Å²) in [5, 5.41) is 0.932. The Bertz CT molecular complexity index is 668. The smallest absolute Gasteiger partial charge is 0.132 e. The lowest BCUT2D eigenvalue weighted by Gasteiger charge is -2.06. The van der Waals surface area contributed by atoms with Crippen molar-refractivity contribution in [1.82, 2.24) is 9.55 Å². The molecule has 1 aromatic carbocycles. The number of nitrogens with zero attached hydrogens (tertiary/aromatic N) is 2. The summed E-state index contributed by atoms with van der Waals surface area (Å²) in [6, 6.07) is 5.40. The van der Waals surface area contributed by atoms with Gasteiger partial charge >= 0.3 is 0 Å². The number of hydrogen-bond donors (Lipinski definition) is 1. The maximum absolute atomic E-state index is 6.24. The first-order valence-corrected chi connectivity index (χ1v) is 7.08. The van der Waals surface area contributed by atoms with Crippen LogP contribution in [0.25, 0.3) is 11.3 Å². The Morgan fingerprint density at radius 1 is 1.40 bits per heavy atom. The maximum Gasteiger partial charge on any atom is 0.132 e. The number of imidazole rings is 1. The predicted octanol–water partition coefficient (Wildman–Crippen LogP) is 4.02. The van der Waals surface area contributed by atoms with Crippen LogP contribution >= 0.6 is 23.2 Å². The van der Waals surface area contributed by atoms with E-state index >= 15 is 0 Å². The van der Waals surface area contributed by atoms with Crippen molar-refractivity contribution >= 4 is 29.0 Å². The highest BCUT2D eigenvalue weighted by atomic mass is 35.5. The van der Waals surface area contributed by atoms with Crippen LogP contribution in [0.5, 0.6) is 0 Å². The highest BCUT2D eigenvalue weighted by Crippen LogP contribution is 2.36. The Labute approximate surface area is 128 Å². The number of hydrogen-bond acceptors (Lipinski definition) is 2. The number of benzene rings is 1. The highest BCUT2D eigenvalue weighted by Gasteiger charge is 2.18. The van der Waals surface area contributed by atoms with Crippen molar-refractivity contribution < 1.29 is 0 Å². The van der Waals surface area contributed by atoms with Gasteiger partial charge in [0.1, 0.15) is 17.3 Å². The van der Waals surface area contributed by atoms with Gasteiger partial charge in [0, 0.05) is 12.0 Å². The fourth-order valence-corrected chi connectivity index (χ4v) is 2.47. The van der Waals surface area contributed by atoms with Gasteiger partial charge in [0.05, 0.1) is 16.6 Å². The van der Waals surface area contributed by atoms with Crippen LogP contribution in [0.3, 0.4) is 0 Å². The minimum atomic E-state index is 0.395. The summed E-state index contributed by atoms with van der Waals surface area (Å²) >= 11 is 12.3. The van der Waals surface area contributed by atoms with E-state index in [0.29, 0.717) is 28.1 Å². The predicted molar refractivity (Wildman–Crippen MR) is 84.9 cm³/mol. The van der Waals surface area contributed by atoms with E-state index in [1.807, 2.05) is 16.7 Å². The van der Waals surface area contributed by atoms with Crippen LogP contribution in [0.2, 0.25) is 10.0 Å². The van der Waals surface area contributed by atoms with Crippen molar-refractivity contribution in [3.8, 4) is 23.6 Å². The Balaban J connectivity index is 2.60. The van der Waals surface area contributed by atoms with Crippen LogP contribution in [0.4, 0.5) is 5.82 Å². The average Bonchev–Trinajstić information content (AvgIpc) is 2.72. The van der Waals surface area contributed by atoms with Crippen molar-refractivity contribution in [2.45, 2.75) is 26.3 Å². The number of aromatic nitrogens is 2. The van der Waals surface area contributed by atoms with E-state index in [9.17, 15) is 0 Å². The second kappa shape index (κ2) is 6.21. The molecule has 0 unspecified atom stereocenters. The molecular weight excluding hydrogens is 293 g/mol. The van der Waals surface area contributed by atoms with Gasteiger partial charge in [-0.3, -0.25) is 0 Å². The third kappa shape index (κ3) is 2.63. The zero-order valence-electron chi connectivity index (χ0n) is 11.2. The van der Waals surface area contributed by atoms with Crippen molar-refractivity contribution in [3.05, 3.63) is 34.1 Å². The molecule has 0 atom stereocenters. The molecule has 2 rings (SSSR count). The normalized spacial score (nSPS) is 10.5. The van der Waals surface area contributed by atoms with Crippen LogP contribution in [0.1, 0.15) is 19.2 Å². The lowest BCUT2D eigenvalue weighted by molar-refractivity contribution is 0.733. The van der Waals surface area contributed by atoms with Crippen LogP contribution in [0.15, 0.2) is 18.2 Å². The molecule has 0 aliphatic heterocycles. The maximum atomic E-state index is 6.24. The lowest BCUT2D eigenvalue weighted by atomic mass is 10.1. The van der Waals surface area contributed by atoms with Gasteiger partial charge in [-0.1, -0.05) is 48.2 Å². The minimum absolute atomic E-state index is 0.395. The van der Waals surface area contributed by atoms with E-state index in [2.05, 4.69) is 17.8 Å². The Morgan fingerprint density at radius 3 is 2.80 bits per heavy atom. The molecule has 1 heterocycles. The quantitative estimate of drug-likeness (QED) is 0.867. The fraction of sp³-hybridized carbons (Fsp3) is 0.267. The van der Waals surface area contributed by atoms with Crippen molar-refractivity contribution in [2.24, 2.45) is 0 Å². The summed E-state index contributed by atoms with van der Waals surface area (Å²) in [6.45, 7) is 2.48. The molecule has 104 valence electrons. The van der Waals surface area contributed by atoms with E-state index < -0.39 is 0 Å². The number of terminal acetylenes is 1. The molecule has 0 fully saturated rings. The standard InChI is InChI=1S/C15H15Cl2N3/c1-3-6-12-19-14(15(18)20(12)9-4-2)10-7-5-8-11(16)13(10)17/h2,5,7-8H,3,6,9,18H2,1H3. The summed E-state index contributed by atoms with van der Waals surface area (Å²) in [5.74, 6) is 3.99. The average molecular weight is 308 g/mol. The van der Waals surface area contributed by atoms with Crippen LogP contribution in [-0.4, -0.2) is 9.55 Å².